The molecule has 3 heterocycles. The van der Waals surface area contributed by atoms with Crippen LogP contribution >= 0.6 is 11.9 Å². The number of hydrogen-bond acceptors (Lipinski definition) is 6. The number of fused-ring (bicyclic) bond motifs is 1. The van der Waals surface area contributed by atoms with Gasteiger partial charge in [0, 0.05) is 61.8 Å². The molecule has 0 spiro atoms. The van der Waals surface area contributed by atoms with E-state index in [0.29, 0.717) is 12.1 Å². The molecular formula is C29H36N4OS. The molecule has 1 aromatic heterocycles. The molecule has 3 aromatic rings. The van der Waals surface area contributed by atoms with Gasteiger partial charge in [-0.05, 0) is 75.4 Å². The molecule has 2 unspecified atom stereocenters. The lowest BCUT2D eigenvalue weighted by Gasteiger charge is -2.43. The van der Waals surface area contributed by atoms with E-state index in [9.17, 15) is 0 Å². The van der Waals surface area contributed by atoms with Crippen molar-refractivity contribution in [2.75, 3.05) is 37.5 Å². The first-order valence-electron chi connectivity index (χ1n) is 12.7. The molecule has 2 aliphatic rings. The number of ether oxygens (including phenoxy) is 1. The molecule has 184 valence electrons. The summed E-state index contributed by atoms with van der Waals surface area (Å²) in [5.41, 5.74) is 6.14. The lowest BCUT2D eigenvalue weighted by atomic mass is 10.0. The first kappa shape index (κ1) is 24.2. The minimum atomic E-state index is 0.430. The Labute approximate surface area is 213 Å². The Morgan fingerprint density at radius 3 is 2.66 bits per heavy atom. The second kappa shape index (κ2) is 11.0. The molecule has 35 heavy (non-hydrogen) atoms. The monoisotopic (exact) mass is 488 g/mol. The number of benzene rings is 2. The third-order valence-corrected chi connectivity index (χ3v) is 7.88. The number of piperazine rings is 1. The highest BCUT2D eigenvalue weighted by Crippen LogP contribution is 2.31. The number of nitrogens with zero attached hydrogens (tertiary/aromatic N) is 3. The van der Waals surface area contributed by atoms with Gasteiger partial charge in [0.15, 0.2) is 0 Å². The maximum atomic E-state index is 5.88. The van der Waals surface area contributed by atoms with Gasteiger partial charge in [0.25, 0.3) is 0 Å². The molecule has 0 aliphatic carbocycles. The minimum Gasteiger partial charge on any atom is -0.377 e. The molecule has 5 rings (SSSR count). The average molecular weight is 489 g/mol. The van der Waals surface area contributed by atoms with Crippen molar-refractivity contribution in [2.24, 2.45) is 0 Å². The predicted octanol–water partition coefficient (Wildman–Crippen LogP) is 6.29. The fourth-order valence-electron chi connectivity index (χ4n) is 5.32. The first-order chi connectivity index (χ1) is 17.1. The van der Waals surface area contributed by atoms with Gasteiger partial charge in [-0.1, -0.05) is 35.9 Å². The summed E-state index contributed by atoms with van der Waals surface area (Å²) in [6.07, 6.45) is 4.71. The van der Waals surface area contributed by atoms with Crippen LogP contribution in [-0.4, -0.2) is 59.7 Å². The summed E-state index contributed by atoms with van der Waals surface area (Å²) in [5, 5.41) is 1.16. The zero-order valence-electron chi connectivity index (χ0n) is 21.0. The summed E-state index contributed by atoms with van der Waals surface area (Å²) in [5.74, 6) is 0. The molecule has 2 saturated heterocycles. The van der Waals surface area contributed by atoms with Crippen molar-refractivity contribution < 1.29 is 4.74 Å². The van der Waals surface area contributed by atoms with Crippen LogP contribution in [0.15, 0.2) is 71.3 Å². The largest absolute Gasteiger partial charge is 0.377 e. The van der Waals surface area contributed by atoms with Gasteiger partial charge >= 0.3 is 0 Å². The number of nitrogens with one attached hydrogen (secondary N) is 1. The van der Waals surface area contributed by atoms with Gasteiger partial charge in [0.1, 0.15) is 0 Å². The van der Waals surface area contributed by atoms with Gasteiger partial charge in [0.05, 0.1) is 16.5 Å². The fraction of sp³-hybridized carbons (Fsp3) is 0.414. The fourth-order valence-corrected chi connectivity index (χ4v) is 6.10. The lowest BCUT2D eigenvalue weighted by Crippen LogP contribution is -2.52. The van der Waals surface area contributed by atoms with Crippen LogP contribution < -0.4 is 4.72 Å². The Morgan fingerprint density at radius 1 is 1.09 bits per heavy atom. The van der Waals surface area contributed by atoms with Crippen LogP contribution in [0.1, 0.15) is 39.2 Å². The second-order valence-electron chi connectivity index (χ2n) is 9.90. The van der Waals surface area contributed by atoms with E-state index in [4.69, 9.17) is 4.74 Å². The number of pyridine rings is 1. The molecule has 0 saturated carbocycles. The molecule has 2 aromatic carbocycles. The van der Waals surface area contributed by atoms with Crippen molar-refractivity contribution in [2.45, 2.75) is 50.7 Å². The topological polar surface area (TPSA) is 40.6 Å². The van der Waals surface area contributed by atoms with Crippen molar-refractivity contribution in [1.82, 2.24) is 14.8 Å². The number of rotatable bonds is 7. The third-order valence-electron chi connectivity index (χ3n) is 6.99. The Balaban J connectivity index is 1.24. The predicted molar refractivity (Wildman–Crippen MR) is 148 cm³/mol. The van der Waals surface area contributed by atoms with Gasteiger partial charge in [-0.3, -0.25) is 9.88 Å². The molecule has 6 heteroatoms. The molecule has 0 radical (unpaired) electrons. The molecule has 5 nitrogen and oxygen atoms in total. The number of anilines is 1. The second-order valence-corrected chi connectivity index (χ2v) is 10.7. The molecule has 2 atom stereocenters. The van der Waals surface area contributed by atoms with Crippen molar-refractivity contribution in [3.05, 3.63) is 71.9 Å². The summed E-state index contributed by atoms with van der Waals surface area (Å²) in [6.45, 7) is 12.1. The van der Waals surface area contributed by atoms with Gasteiger partial charge < -0.3 is 14.4 Å². The molecule has 1 N–H and O–H groups in total. The summed E-state index contributed by atoms with van der Waals surface area (Å²) < 4.78 is 9.38. The van der Waals surface area contributed by atoms with Gasteiger partial charge in [-0.2, -0.15) is 0 Å². The number of para-hydroxylation sites is 1. The highest BCUT2D eigenvalue weighted by Gasteiger charge is 2.28. The van der Waals surface area contributed by atoms with E-state index in [-0.39, 0.29) is 0 Å². The summed E-state index contributed by atoms with van der Waals surface area (Å²) in [7, 11) is 0. The summed E-state index contributed by atoms with van der Waals surface area (Å²) >= 11 is 1.61. The zero-order valence-corrected chi connectivity index (χ0v) is 21.9. The van der Waals surface area contributed by atoms with E-state index in [2.05, 4.69) is 88.8 Å². The molecule has 2 fully saturated rings. The van der Waals surface area contributed by atoms with Crippen LogP contribution in [0, 0.1) is 0 Å². The number of hydrogen-bond donors (Lipinski definition) is 1. The Hall–Kier alpha value is -2.54. The maximum Gasteiger partial charge on any atom is 0.0855 e. The quantitative estimate of drug-likeness (QED) is 0.394. The van der Waals surface area contributed by atoms with Crippen molar-refractivity contribution >= 4 is 34.2 Å². The van der Waals surface area contributed by atoms with Crippen molar-refractivity contribution in [1.29, 1.82) is 0 Å². The molecule has 2 aliphatic heterocycles. The van der Waals surface area contributed by atoms with Gasteiger partial charge in [-0.15, -0.1) is 0 Å². The van der Waals surface area contributed by atoms with Gasteiger partial charge in [0.2, 0.25) is 0 Å². The number of aromatic nitrogens is 1. The van der Waals surface area contributed by atoms with Crippen LogP contribution in [0.3, 0.4) is 0 Å². The molecule has 0 bridgehead atoms. The number of allylic oxidation sites excluding steroid dienone is 1. The van der Waals surface area contributed by atoms with Crippen LogP contribution in [0.5, 0.6) is 0 Å². The van der Waals surface area contributed by atoms with Crippen molar-refractivity contribution in [3.8, 4) is 0 Å². The Bertz CT molecular complexity index is 1160. The standard InChI is InChI=1S/C29H36N4OS/c1-21(2)29(33-17-16-32(19-22(33)3)20-26-9-6-18-34-26)24-11-13-25(14-12-24)31-35-27-10-4-7-23-8-5-15-30-28(23)27/h4-5,7-8,10-15,22,26,31H,6,9,16-20H2,1-3H3. The zero-order chi connectivity index (χ0) is 24.2. The first-order valence-corrected chi connectivity index (χ1v) is 13.6. The minimum absolute atomic E-state index is 0.430. The van der Waals surface area contributed by atoms with Crippen LogP contribution in [0.4, 0.5) is 5.69 Å². The lowest BCUT2D eigenvalue weighted by molar-refractivity contribution is 0.0470. The smallest absolute Gasteiger partial charge is 0.0855 e. The van der Waals surface area contributed by atoms with E-state index in [1.165, 1.54) is 29.7 Å². The van der Waals surface area contributed by atoms with E-state index in [1.54, 1.807) is 11.9 Å². The SMILES string of the molecule is CC(C)=C(c1ccc(NSc2cccc3cccnc23)cc1)N1CCN(CC2CCCO2)CC1C. The van der Waals surface area contributed by atoms with E-state index in [1.807, 2.05) is 12.3 Å². The Morgan fingerprint density at radius 2 is 1.91 bits per heavy atom. The maximum absolute atomic E-state index is 5.88. The summed E-state index contributed by atoms with van der Waals surface area (Å²) in [4.78, 5) is 10.9. The average Bonchev–Trinajstić information content (AvgIpc) is 3.38. The van der Waals surface area contributed by atoms with Crippen molar-refractivity contribution in [3.63, 3.8) is 0 Å². The normalized spacial score (nSPS) is 20.8. The van der Waals surface area contributed by atoms with E-state index in [0.717, 1.165) is 54.3 Å². The Kier molecular flexibility index (Phi) is 7.61. The molecule has 0 amide bonds. The van der Waals surface area contributed by atoms with Gasteiger partial charge in [-0.25, -0.2) is 0 Å². The van der Waals surface area contributed by atoms with Crippen LogP contribution in [-0.2, 0) is 4.74 Å². The van der Waals surface area contributed by atoms with Crippen LogP contribution in [0.25, 0.3) is 16.6 Å². The highest BCUT2D eigenvalue weighted by atomic mass is 32.2. The van der Waals surface area contributed by atoms with E-state index >= 15 is 0 Å². The van der Waals surface area contributed by atoms with E-state index < -0.39 is 0 Å². The van der Waals surface area contributed by atoms with Crippen LogP contribution in [0.2, 0.25) is 0 Å². The third kappa shape index (κ3) is 5.66. The highest BCUT2D eigenvalue weighted by molar-refractivity contribution is 8.00. The molecular weight excluding hydrogens is 452 g/mol. The summed E-state index contributed by atoms with van der Waals surface area (Å²) in [6, 6.07) is 19.7.